The maximum absolute atomic E-state index is 12.5. The van der Waals surface area contributed by atoms with Crippen LogP contribution in [-0.2, 0) is 23.3 Å². The van der Waals surface area contributed by atoms with E-state index in [0.717, 1.165) is 19.3 Å². The Morgan fingerprint density at radius 3 is 1.91 bits per heavy atom. The predicted molar refractivity (Wildman–Crippen MR) is 122 cm³/mol. The van der Waals surface area contributed by atoms with Gasteiger partial charge in [-0.15, -0.1) is 0 Å². The molecule has 0 aromatic heterocycles. The minimum Gasteiger partial charge on any atom is -0.756 e. The largest absolute Gasteiger partial charge is 0.756 e. The molecule has 10 heteroatoms. The highest BCUT2D eigenvalue weighted by Crippen LogP contribution is 2.41. The molecule has 0 amide bonds. The maximum Gasteiger partial charge on any atom is 0.268 e. The SMILES string of the molecule is CCCCCCCCCCCCCC(=O)C(OP(=O)([O-])OCC[N+](C)(C)C)[C@H](CO)OO. The smallest absolute Gasteiger partial charge is 0.268 e. The molecule has 0 bridgehead atoms. The summed E-state index contributed by atoms with van der Waals surface area (Å²) in [5.74, 6) is -0.555. The van der Waals surface area contributed by atoms with E-state index in [1.807, 2.05) is 21.1 Å². The van der Waals surface area contributed by atoms with Crippen molar-refractivity contribution in [1.29, 1.82) is 0 Å². The lowest BCUT2D eigenvalue weighted by Gasteiger charge is -2.31. The van der Waals surface area contributed by atoms with E-state index in [4.69, 9.17) is 14.3 Å². The summed E-state index contributed by atoms with van der Waals surface area (Å²) in [7, 11) is 0.809. The molecule has 0 aliphatic heterocycles. The zero-order valence-corrected chi connectivity index (χ0v) is 21.4. The van der Waals surface area contributed by atoms with Gasteiger partial charge in [0.1, 0.15) is 19.3 Å². The summed E-state index contributed by atoms with van der Waals surface area (Å²) in [4.78, 5) is 28.7. The Morgan fingerprint density at radius 2 is 1.47 bits per heavy atom. The highest BCUT2D eigenvalue weighted by molar-refractivity contribution is 7.45. The zero-order valence-electron chi connectivity index (χ0n) is 20.5. The molecule has 0 aliphatic rings. The van der Waals surface area contributed by atoms with Crippen LogP contribution >= 0.6 is 7.82 Å². The van der Waals surface area contributed by atoms with E-state index in [2.05, 4.69) is 11.8 Å². The number of aliphatic hydroxyl groups excluding tert-OH is 1. The van der Waals surface area contributed by atoms with Crippen molar-refractivity contribution in [3.63, 3.8) is 0 Å². The lowest BCUT2D eigenvalue weighted by molar-refractivity contribution is -0.870. The standard InChI is InChI=1S/C22H46NO8P/c1-5-6-7-8-9-10-11-12-13-14-15-16-20(25)22(21(19-24)30-26)31-32(27,28)29-18-17-23(2,3)4/h21-22,24H,5-19H2,1-4H3,(H-,26,27,28)/t21-,22?/m0/s1. The fourth-order valence-electron chi connectivity index (χ4n) is 3.22. The molecule has 0 fully saturated rings. The number of phosphoric ester groups is 1. The third-order valence-corrected chi connectivity index (χ3v) is 6.24. The van der Waals surface area contributed by atoms with Gasteiger partial charge in [-0.1, -0.05) is 71.1 Å². The molecule has 9 nitrogen and oxygen atoms in total. The number of ketones is 1. The number of hydrogen-bond donors (Lipinski definition) is 2. The first-order valence-electron chi connectivity index (χ1n) is 11.9. The summed E-state index contributed by atoms with van der Waals surface area (Å²) < 4.78 is 22.3. The van der Waals surface area contributed by atoms with Crippen LogP contribution in [0.3, 0.4) is 0 Å². The van der Waals surface area contributed by atoms with Gasteiger partial charge in [-0.2, -0.15) is 0 Å². The molecule has 0 aliphatic carbocycles. The molecule has 0 saturated heterocycles. The van der Waals surface area contributed by atoms with Crippen molar-refractivity contribution >= 4 is 13.6 Å². The van der Waals surface area contributed by atoms with Crippen molar-refractivity contribution in [2.75, 3.05) is 40.9 Å². The van der Waals surface area contributed by atoms with Crippen molar-refractivity contribution in [2.45, 2.75) is 96.2 Å². The summed E-state index contributed by atoms with van der Waals surface area (Å²) in [6.45, 7) is 1.73. The minimum atomic E-state index is -4.82. The van der Waals surface area contributed by atoms with E-state index in [1.54, 1.807) is 0 Å². The van der Waals surface area contributed by atoms with Crippen LogP contribution in [0.25, 0.3) is 0 Å². The first kappa shape index (κ1) is 31.6. The van der Waals surface area contributed by atoms with Gasteiger partial charge in [0.25, 0.3) is 7.82 Å². The van der Waals surface area contributed by atoms with Gasteiger partial charge in [-0.3, -0.25) is 14.6 Å². The number of Topliss-reactive ketones (excluding diaryl/α,β-unsaturated/α-hetero) is 1. The summed E-state index contributed by atoms with van der Waals surface area (Å²) in [5.41, 5.74) is 0. The van der Waals surface area contributed by atoms with Crippen LogP contribution in [0, 0.1) is 0 Å². The highest BCUT2D eigenvalue weighted by Gasteiger charge is 2.33. The van der Waals surface area contributed by atoms with Crippen molar-refractivity contribution in [3.05, 3.63) is 0 Å². The average molecular weight is 484 g/mol. The fraction of sp³-hybridized carbons (Fsp3) is 0.955. The van der Waals surface area contributed by atoms with Gasteiger partial charge in [0, 0.05) is 6.42 Å². The molecule has 0 spiro atoms. The van der Waals surface area contributed by atoms with Crippen molar-refractivity contribution in [1.82, 2.24) is 0 Å². The number of phosphoric acid groups is 1. The number of carbonyl (C=O) groups is 1. The molecule has 2 unspecified atom stereocenters. The van der Waals surface area contributed by atoms with Crippen LogP contribution in [-0.4, -0.2) is 73.7 Å². The number of quaternary nitrogens is 1. The lowest BCUT2D eigenvalue weighted by atomic mass is 10.0. The Hall–Kier alpha value is -0.380. The molecule has 0 heterocycles. The van der Waals surface area contributed by atoms with Crippen molar-refractivity contribution in [3.8, 4) is 0 Å². The molecule has 0 radical (unpaired) electrons. The third kappa shape index (κ3) is 17.1. The van der Waals surface area contributed by atoms with Gasteiger partial charge in [0.15, 0.2) is 11.9 Å². The van der Waals surface area contributed by atoms with E-state index >= 15 is 0 Å². The maximum atomic E-state index is 12.5. The minimum absolute atomic E-state index is 0.0699. The summed E-state index contributed by atoms with van der Waals surface area (Å²) in [6, 6.07) is 0. The summed E-state index contributed by atoms with van der Waals surface area (Å²) in [6.07, 6.45) is 9.30. The number of unbranched alkanes of at least 4 members (excludes halogenated alkanes) is 10. The Labute approximate surface area is 194 Å². The Balaban J connectivity index is 4.35. The molecular weight excluding hydrogens is 437 g/mol. The quantitative estimate of drug-likeness (QED) is 0.0785. The second-order valence-corrected chi connectivity index (χ2v) is 10.8. The molecule has 2 N–H and O–H groups in total. The second kappa shape index (κ2) is 18.0. The molecule has 0 aromatic rings. The third-order valence-electron chi connectivity index (χ3n) is 5.25. The average Bonchev–Trinajstić information content (AvgIpc) is 2.70. The summed E-state index contributed by atoms with van der Waals surface area (Å²) >= 11 is 0. The first-order chi connectivity index (χ1) is 15.1. The topological polar surface area (TPSA) is 125 Å². The molecule has 32 heavy (non-hydrogen) atoms. The second-order valence-electron chi connectivity index (χ2n) is 9.40. The Morgan fingerprint density at radius 1 is 0.969 bits per heavy atom. The Kier molecular flexibility index (Phi) is 17.8. The van der Waals surface area contributed by atoms with Crippen LogP contribution in [0.4, 0.5) is 0 Å². The molecule has 0 rings (SSSR count). The highest BCUT2D eigenvalue weighted by atomic mass is 31.2. The van der Waals surface area contributed by atoms with Gasteiger partial charge < -0.3 is 23.5 Å². The first-order valence-corrected chi connectivity index (χ1v) is 13.4. The van der Waals surface area contributed by atoms with Gasteiger partial charge >= 0.3 is 0 Å². The normalized spacial score (nSPS) is 16.0. The number of nitrogens with zero attached hydrogens (tertiary/aromatic N) is 1. The van der Waals surface area contributed by atoms with Gasteiger partial charge in [0.05, 0.1) is 27.7 Å². The molecule has 0 saturated carbocycles. The lowest BCUT2D eigenvalue weighted by Crippen LogP contribution is -2.41. The zero-order chi connectivity index (χ0) is 24.5. The number of carbonyl (C=O) groups excluding carboxylic acids is 1. The fourth-order valence-corrected chi connectivity index (χ4v) is 4.12. The monoisotopic (exact) mass is 483 g/mol. The van der Waals surface area contributed by atoms with E-state index in [-0.39, 0.29) is 13.0 Å². The summed E-state index contributed by atoms with van der Waals surface area (Å²) in [5, 5.41) is 18.3. The van der Waals surface area contributed by atoms with E-state index < -0.39 is 32.4 Å². The number of hydrogen-bond acceptors (Lipinski definition) is 8. The predicted octanol–water partition coefficient (Wildman–Crippen LogP) is 3.68. The van der Waals surface area contributed by atoms with Gasteiger partial charge in [0.2, 0.25) is 0 Å². The van der Waals surface area contributed by atoms with Crippen molar-refractivity contribution in [2.24, 2.45) is 0 Å². The number of aliphatic hydroxyl groups is 1. The number of likely N-dealkylation sites (N-methyl/N-ethyl adjacent to an activating group) is 1. The van der Waals surface area contributed by atoms with Gasteiger partial charge in [-0.05, 0) is 6.42 Å². The van der Waals surface area contributed by atoms with Crippen LogP contribution in [0.2, 0.25) is 0 Å². The van der Waals surface area contributed by atoms with Crippen LogP contribution in [0.5, 0.6) is 0 Å². The number of rotatable bonds is 22. The molecule has 0 aromatic carbocycles. The molecule has 192 valence electrons. The van der Waals surface area contributed by atoms with Crippen LogP contribution in [0.1, 0.15) is 84.0 Å². The van der Waals surface area contributed by atoms with E-state index in [9.17, 15) is 19.4 Å². The van der Waals surface area contributed by atoms with Crippen molar-refractivity contribution < 1.29 is 43.0 Å². The Bertz CT molecular complexity index is 523. The van der Waals surface area contributed by atoms with E-state index in [0.29, 0.717) is 17.4 Å². The van der Waals surface area contributed by atoms with Crippen LogP contribution in [0.15, 0.2) is 0 Å². The molecular formula is C22H46NO8P. The van der Waals surface area contributed by atoms with Crippen LogP contribution < -0.4 is 4.89 Å². The van der Waals surface area contributed by atoms with E-state index in [1.165, 1.54) is 44.9 Å². The molecule has 3 atom stereocenters. The van der Waals surface area contributed by atoms with Gasteiger partial charge in [-0.25, -0.2) is 4.89 Å².